The summed E-state index contributed by atoms with van der Waals surface area (Å²) in [5.41, 5.74) is -3.01. The van der Waals surface area contributed by atoms with E-state index in [-0.39, 0.29) is 16.4 Å². The molecule has 28 heavy (non-hydrogen) atoms. The average molecular weight is 413 g/mol. The minimum Gasteiger partial charge on any atom is -0.493 e. The molecule has 3 rings (SSSR count). The minimum atomic E-state index is -4.87. The highest BCUT2D eigenvalue weighted by Crippen LogP contribution is 2.36. The van der Waals surface area contributed by atoms with Gasteiger partial charge < -0.3 is 15.4 Å². The Hall–Kier alpha value is -3.42. The van der Waals surface area contributed by atoms with E-state index in [9.17, 15) is 27.9 Å². The largest absolute Gasteiger partial charge is 0.493 e. The lowest BCUT2D eigenvalue weighted by Gasteiger charge is -2.14. The van der Waals surface area contributed by atoms with Gasteiger partial charge in [0.25, 0.3) is 11.5 Å². The first-order valence-electron chi connectivity index (χ1n) is 7.32. The van der Waals surface area contributed by atoms with Crippen molar-refractivity contribution < 1.29 is 23.1 Å². The Kier molecular flexibility index (Phi) is 5.04. The summed E-state index contributed by atoms with van der Waals surface area (Å²) in [6.07, 6.45) is -1.06. The number of anilines is 1. The molecule has 3 heterocycles. The molecule has 0 fully saturated rings. The molecule has 3 aromatic heterocycles. The molecule has 0 aliphatic carbocycles. The van der Waals surface area contributed by atoms with Gasteiger partial charge in [-0.25, -0.2) is 4.98 Å². The molecule has 14 heteroatoms. The Morgan fingerprint density at radius 3 is 2.64 bits per heavy atom. The summed E-state index contributed by atoms with van der Waals surface area (Å²) in [5.74, 6) is -3.07. The van der Waals surface area contributed by atoms with Crippen molar-refractivity contribution >= 4 is 23.5 Å². The average Bonchev–Trinajstić information content (AvgIpc) is 3.15. The van der Waals surface area contributed by atoms with Crippen LogP contribution >= 0.6 is 11.8 Å². The summed E-state index contributed by atoms with van der Waals surface area (Å²) in [6, 6.07) is 0.722. The van der Waals surface area contributed by atoms with Gasteiger partial charge in [-0.15, -0.1) is 0 Å². The van der Waals surface area contributed by atoms with Gasteiger partial charge in [-0.05, 0) is 12.3 Å². The smallest absolute Gasteiger partial charge is 0.419 e. The fourth-order valence-electron chi connectivity index (χ4n) is 2.17. The van der Waals surface area contributed by atoms with Gasteiger partial charge in [-0.3, -0.25) is 9.59 Å². The van der Waals surface area contributed by atoms with Gasteiger partial charge in [0.2, 0.25) is 5.88 Å². The third-order valence-corrected chi connectivity index (χ3v) is 4.01. The number of hydrogen-bond acceptors (Lipinski definition) is 8. The number of aromatic hydroxyl groups is 1. The number of aromatic nitrogens is 6. The molecule has 0 aliphatic heterocycles. The van der Waals surface area contributed by atoms with Crippen LogP contribution in [0.25, 0.3) is 11.3 Å². The maximum absolute atomic E-state index is 13.4. The van der Waals surface area contributed by atoms with Gasteiger partial charge in [0.1, 0.15) is 11.5 Å². The maximum atomic E-state index is 13.4. The molecule has 4 N–H and O–H groups in total. The van der Waals surface area contributed by atoms with Crippen LogP contribution < -0.4 is 10.9 Å². The third kappa shape index (κ3) is 3.80. The summed E-state index contributed by atoms with van der Waals surface area (Å²) in [5, 5.41) is 21.1. The molecular weight excluding hydrogens is 403 g/mol. The molecule has 0 bridgehead atoms. The molecule has 0 saturated carbocycles. The lowest BCUT2D eigenvalue weighted by atomic mass is 10.1. The Balaban J connectivity index is 2.00. The fraction of sp³-hybridized carbons (Fsp3) is 0.143. The zero-order valence-corrected chi connectivity index (χ0v) is 14.6. The van der Waals surface area contributed by atoms with Gasteiger partial charge >= 0.3 is 6.18 Å². The number of H-pyrrole nitrogens is 2. The third-order valence-electron chi connectivity index (χ3n) is 3.43. The van der Waals surface area contributed by atoms with E-state index in [4.69, 9.17) is 0 Å². The van der Waals surface area contributed by atoms with Gasteiger partial charge in [0, 0.05) is 11.8 Å². The molecule has 0 atom stereocenters. The van der Waals surface area contributed by atoms with Crippen LogP contribution in [0, 0.1) is 0 Å². The number of amides is 1. The zero-order valence-electron chi connectivity index (χ0n) is 13.8. The first kappa shape index (κ1) is 19.3. The molecule has 146 valence electrons. The quantitative estimate of drug-likeness (QED) is 0.373. The number of nitrogens with zero attached hydrogens (tertiary/aromatic N) is 4. The van der Waals surface area contributed by atoms with Crippen molar-refractivity contribution in [1.82, 2.24) is 30.4 Å². The molecule has 0 saturated heterocycles. The molecule has 0 spiro atoms. The second-order valence-electron chi connectivity index (χ2n) is 5.20. The van der Waals surface area contributed by atoms with Crippen molar-refractivity contribution in [3.63, 3.8) is 0 Å². The Bertz CT molecular complexity index is 1080. The molecule has 0 aromatic carbocycles. The number of rotatable bonds is 4. The topological polar surface area (TPSA) is 150 Å². The Morgan fingerprint density at radius 1 is 1.32 bits per heavy atom. The van der Waals surface area contributed by atoms with E-state index in [2.05, 4.69) is 30.4 Å². The predicted octanol–water partition coefficient (Wildman–Crippen LogP) is 1.65. The second-order valence-corrected chi connectivity index (χ2v) is 6.00. The van der Waals surface area contributed by atoms with Gasteiger partial charge in [0.05, 0.1) is 11.8 Å². The fourth-order valence-corrected chi connectivity index (χ4v) is 2.55. The zero-order chi connectivity index (χ0) is 20.5. The van der Waals surface area contributed by atoms with E-state index >= 15 is 0 Å². The monoisotopic (exact) mass is 413 g/mol. The number of thioether (sulfide) groups is 1. The number of hydrogen-bond donors (Lipinski definition) is 4. The molecule has 0 aliphatic rings. The number of carbonyl (C=O) groups is 1. The van der Waals surface area contributed by atoms with E-state index in [0.29, 0.717) is 0 Å². The van der Waals surface area contributed by atoms with E-state index in [1.54, 1.807) is 6.26 Å². The Labute approximate surface area is 157 Å². The van der Waals surface area contributed by atoms with Crippen molar-refractivity contribution in [2.45, 2.75) is 11.3 Å². The highest BCUT2D eigenvalue weighted by molar-refractivity contribution is 7.98. The molecular formula is C14H10F3N7O3S. The van der Waals surface area contributed by atoms with Crippen molar-refractivity contribution in [2.24, 2.45) is 0 Å². The lowest BCUT2D eigenvalue weighted by Crippen LogP contribution is -2.26. The number of halogens is 3. The van der Waals surface area contributed by atoms with E-state index < -0.39 is 40.5 Å². The van der Waals surface area contributed by atoms with Crippen LogP contribution in [0.15, 0.2) is 28.4 Å². The van der Waals surface area contributed by atoms with Crippen molar-refractivity contribution in [3.8, 4) is 17.1 Å². The SMILES string of the molecule is CSc1nc(O)c(C(=O)Nc2ncc(-c3cn[nH]n3)cc2C(F)(F)F)c(=O)[nH]1. The van der Waals surface area contributed by atoms with Gasteiger partial charge in [0.15, 0.2) is 10.7 Å². The second kappa shape index (κ2) is 7.30. The number of aromatic amines is 2. The molecule has 3 aromatic rings. The van der Waals surface area contributed by atoms with E-state index in [1.165, 1.54) is 6.20 Å². The predicted molar refractivity (Wildman–Crippen MR) is 90.9 cm³/mol. The summed E-state index contributed by atoms with van der Waals surface area (Å²) in [4.78, 5) is 33.6. The van der Waals surface area contributed by atoms with Crippen LogP contribution in [0.5, 0.6) is 5.88 Å². The van der Waals surface area contributed by atoms with E-state index in [0.717, 1.165) is 24.0 Å². The first-order chi connectivity index (χ1) is 13.2. The number of pyridine rings is 1. The molecule has 10 nitrogen and oxygen atoms in total. The first-order valence-corrected chi connectivity index (χ1v) is 8.55. The number of nitrogens with one attached hydrogen (secondary N) is 3. The minimum absolute atomic E-state index is 0.00533. The van der Waals surface area contributed by atoms with Crippen molar-refractivity contribution in [3.05, 3.63) is 39.9 Å². The van der Waals surface area contributed by atoms with Gasteiger partial charge in [-0.2, -0.15) is 33.6 Å². The van der Waals surface area contributed by atoms with Crippen molar-refractivity contribution in [2.75, 3.05) is 11.6 Å². The molecule has 1 amide bonds. The van der Waals surface area contributed by atoms with Crippen LogP contribution in [0.1, 0.15) is 15.9 Å². The van der Waals surface area contributed by atoms with Gasteiger partial charge in [-0.1, -0.05) is 11.8 Å². The summed E-state index contributed by atoms with van der Waals surface area (Å²) in [7, 11) is 0. The Morgan fingerprint density at radius 2 is 2.07 bits per heavy atom. The van der Waals surface area contributed by atoms with Crippen molar-refractivity contribution in [1.29, 1.82) is 0 Å². The summed E-state index contributed by atoms with van der Waals surface area (Å²) >= 11 is 0.995. The number of alkyl halides is 3. The molecule has 0 radical (unpaired) electrons. The number of carbonyl (C=O) groups excluding carboxylic acids is 1. The van der Waals surface area contributed by atoms with Crippen LogP contribution in [-0.4, -0.2) is 47.6 Å². The maximum Gasteiger partial charge on any atom is 0.419 e. The highest BCUT2D eigenvalue weighted by atomic mass is 32.2. The highest BCUT2D eigenvalue weighted by Gasteiger charge is 2.36. The normalized spacial score (nSPS) is 11.4. The standard InChI is InChI=1S/C14H10F3N7O3S/c1-28-13-21-11(26)8(12(27)22-13)10(25)20-9-6(14(15,16)17)2-5(3-18-9)7-4-19-24-23-7/h2-4H,1H3,(H,18,20,25)(H,19,23,24)(H2,21,22,26,27). The van der Waals surface area contributed by atoms with Crippen LogP contribution in [0.3, 0.4) is 0 Å². The van der Waals surface area contributed by atoms with Crippen LogP contribution in [-0.2, 0) is 6.18 Å². The van der Waals surface area contributed by atoms with Crippen LogP contribution in [0.4, 0.5) is 19.0 Å². The molecule has 0 unspecified atom stereocenters. The lowest BCUT2D eigenvalue weighted by molar-refractivity contribution is -0.137. The summed E-state index contributed by atoms with van der Waals surface area (Å²) < 4.78 is 40.2. The van der Waals surface area contributed by atoms with E-state index in [1.807, 2.05) is 5.32 Å². The summed E-state index contributed by atoms with van der Waals surface area (Å²) in [6.45, 7) is 0. The van der Waals surface area contributed by atoms with Crippen LogP contribution in [0.2, 0.25) is 0 Å².